The monoisotopic (exact) mass is 171 g/mol. The summed E-state index contributed by atoms with van der Waals surface area (Å²) in [5, 5.41) is 0. The van der Waals surface area contributed by atoms with Crippen molar-refractivity contribution in [3.8, 4) is 0 Å². The lowest BCUT2D eigenvalue weighted by Crippen LogP contribution is -2.20. The van der Waals surface area contributed by atoms with Crippen LogP contribution in [0.4, 0.5) is 4.39 Å². The quantitative estimate of drug-likeness (QED) is 0.594. The number of ketones is 1. The molecule has 68 valence electrons. The maximum absolute atomic E-state index is 12.6. The lowest BCUT2D eigenvalue weighted by Gasteiger charge is -2.10. The molecule has 0 radical (unpaired) electrons. The van der Waals surface area contributed by atoms with Crippen LogP contribution in [-0.2, 0) is 4.79 Å². The van der Waals surface area contributed by atoms with Crippen LogP contribution < -0.4 is 0 Å². The smallest absolute Gasteiger partial charge is 0.152 e. The van der Waals surface area contributed by atoms with Gasteiger partial charge in [0.15, 0.2) is 5.78 Å². The van der Waals surface area contributed by atoms with Crippen molar-refractivity contribution >= 4 is 5.78 Å². The molecule has 0 aromatic carbocycles. The minimum Gasteiger partial charge on any atom is -0.297 e. The summed E-state index contributed by atoms with van der Waals surface area (Å²) >= 11 is 0. The highest BCUT2D eigenvalue weighted by Gasteiger charge is 2.19. The summed E-state index contributed by atoms with van der Waals surface area (Å²) < 4.78 is 12.6. The summed E-state index contributed by atoms with van der Waals surface area (Å²) in [6.45, 7) is 3.53. The van der Waals surface area contributed by atoms with Crippen molar-refractivity contribution in [3.05, 3.63) is 12.2 Å². The van der Waals surface area contributed by atoms with Gasteiger partial charge in [-0.2, -0.15) is 0 Å². The van der Waals surface area contributed by atoms with Crippen LogP contribution in [0.25, 0.3) is 0 Å². The lowest BCUT2D eigenvalue weighted by molar-refractivity contribution is -0.112. The van der Waals surface area contributed by atoms with Gasteiger partial charge in [-0.15, -0.1) is 0 Å². The number of rotatable bonds is 3. The Morgan fingerprint density at radius 1 is 1.75 bits per heavy atom. The Morgan fingerprint density at radius 2 is 2.50 bits per heavy atom. The van der Waals surface area contributed by atoms with E-state index in [1.165, 1.54) is 13.0 Å². The van der Waals surface area contributed by atoms with E-state index in [-0.39, 0.29) is 5.78 Å². The van der Waals surface area contributed by atoms with Crippen LogP contribution in [0.2, 0.25) is 0 Å². The summed E-state index contributed by atoms with van der Waals surface area (Å²) in [7, 11) is 0. The number of hydrogen-bond acceptors (Lipinski definition) is 2. The molecule has 1 atom stereocenters. The van der Waals surface area contributed by atoms with Crippen molar-refractivity contribution < 1.29 is 9.18 Å². The van der Waals surface area contributed by atoms with Crippen molar-refractivity contribution in [2.45, 2.75) is 19.5 Å². The minimum absolute atomic E-state index is 0.0472. The highest BCUT2D eigenvalue weighted by Crippen LogP contribution is 2.11. The predicted octanol–water partition coefficient (Wildman–Crippen LogP) is 1.18. The number of likely N-dealkylation sites (tertiary alicyclic amines) is 1. The van der Waals surface area contributed by atoms with E-state index < -0.39 is 6.17 Å². The van der Waals surface area contributed by atoms with Crippen LogP contribution in [0.5, 0.6) is 0 Å². The first-order valence-electron chi connectivity index (χ1n) is 4.22. The molecule has 0 aromatic rings. The van der Waals surface area contributed by atoms with Gasteiger partial charge in [-0.3, -0.25) is 9.69 Å². The van der Waals surface area contributed by atoms with Gasteiger partial charge < -0.3 is 0 Å². The summed E-state index contributed by atoms with van der Waals surface area (Å²) in [6, 6.07) is 0. The lowest BCUT2D eigenvalue weighted by atomic mass is 10.3. The Labute approximate surface area is 72.1 Å². The number of halogens is 1. The van der Waals surface area contributed by atoms with Crippen molar-refractivity contribution in [1.29, 1.82) is 0 Å². The van der Waals surface area contributed by atoms with Gasteiger partial charge in [-0.05, 0) is 19.4 Å². The van der Waals surface area contributed by atoms with Crippen molar-refractivity contribution in [1.82, 2.24) is 4.90 Å². The molecule has 0 spiro atoms. The molecule has 1 saturated heterocycles. The highest BCUT2D eigenvalue weighted by atomic mass is 19.1. The number of carbonyl (C=O) groups excluding carboxylic acids is 1. The van der Waals surface area contributed by atoms with Crippen LogP contribution in [0, 0.1) is 0 Å². The Balaban J connectivity index is 2.20. The zero-order chi connectivity index (χ0) is 8.97. The van der Waals surface area contributed by atoms with E-state index in [1.54, 1.807) is 6.08 Å². The van der Waals surface area contributed by atoms with E-state index in [0.29, 0.717) is 19.5 Å². The van der Waals surface area contributed by atoms with Crippen molar-refractivity contribution in [3.63, 3.8) is 0 Å². The van der Waals surface area contributed by atoms with Crippen molar-refractivity contribution in [2.24, 2.45) is 0 Å². The molecule has 1 rings (SSSR count). The molecule has 1 aliphatic heterocycles. The van der Waals surface area contributed by atoms with E-state index in [2.05, 4.69) is 0 Å². The summed E-state index contributed by atoms with van der Waals surface area (Å²) in [5.74, 6) is 0.0472. The van der Waals surface area contributed by atoms with Gasteiger partial charge in [-0.25, -0.2) is 4.39 Å². The van der Waals surface area contributed by atoms with Gasteiger partial charge in [0.05, 0.1) is 0 Å². The fourth-order valence-corrected chi connectivity index (χ4v) is 1.32. The molecule has 0 saturated carbocycles. The van der Waals surface area contributed by atoms with Crippen LogP contribution in [0.15, 0.2) is 12.2 Å². The second kappa shape index (κ2) is 4.36. The third kappa shape index (κ3) is 3.13. The fourth-order valence-electron chi connectivity index (χ4n) is 1.32. The van der Waals surface area contributed by atoms with E-state index in [9.17, 15) is 9.18 Å². The normalized spacial score (nSPS) is 25.3. The SMILES string of the molecule is CC(=O)/C=C/CN1CCC(F)C1. The maximum atomic E-state index is 12.6. The average molecular weight is 171 g/mol. The Morgan fingerprint density at radius 3 is 3.00 bits per heavy atom. The Bertz CT molecular complexity index is 191. The topological polar surface area (TPSA) is 20.3 Å². The maximum Gasteiger partial charge on any atom is 0.152 e. The third-order valence-corrected chi connectivity index (χ3v) is 1.93. The molecule has 0 aromatic heterocycles. The number of allylic oxidation sites excluding steroid dienone is 1. The van der Waals surface area contributed by atoms with Gasteiger partial charge in [0.1, 0.15) is 6.17 Å². The predicted molar refractivity (Wildman–Crippen MR) is 45.8 cm³/mol. The first-order valence-corrected chi connectivity index (χ1v) is 4.22. The molecule has 3 heteroatoms. The van der Waals surface area contributed by atoms with Gasteiger partial charge in [-0.1, -0.05) is 6.08 Å². The fraction of sp³-hybridized carbons (Fsp3) is 0.667. The molecular weight excluding hydrogens is 157 g/mol. The first-order chi connectivity index (χ1) is 5.68. The van der Waals surface area contributed by atoms with Crippen LogP contribution in [0.3, 0.4) is 0 Å². The van der Waals surface area contributed by atoms with Gasteiger partial charge in [0.25, 0.3) is 0 Å². The van der Waals surface area contributed by atoms with Gasteiger partial charge in [0.2, 0.25) is 0 Å². The molecule has 12 heavy (non-hydrogen) atoms. The number of alkyl halides is 1. The average Bonchev–Trinajstić information content (AvgIpc) is 2.35. The Kier molecular flexibility index (Phi) is 3.41. The molecule has 0 amide bonds. The third-order valence-electron chi connectivity index (χ3n) is 1.93. The minimum atomic E-state index is -0.671. The number of carbonyl (C=O) groups is 1. The van der Waals surface area contributed by atoms with E-state index >= 15 is 0 Å². The zero-order valence-corrected chi connectivity index (χ0v) is 7.29. The van der Waals surface area contributed by atoms with Gasteiger partial charge in [0, 0.05) is 19.6 Å². The molecule has 0 bridgehead atoms. The molecule has 1 aliphatic rings. The standard InChI is InChI=1S/C9H14FNO/c1-8(12)3-2-5-11-6-4-9(10)7-11/h2-3,9H,4-7H2,1H3/b3-2+. The molecule has 1 fully saturated rings. The van der Waals surface area contributed by atoms with Crippen molar-refractivity contribution in [2.75, 3.05) is 19.6 Å². The molecule has 2 nitrogen and oxygen atoms in total. The summed E-state index contributed by atoms with van der Waals surface area (Å²) in [4.78, 5) is 12.5. The molecular formula is C9H14FNO. The largest absolute Gasteiger partial charge is 0.297 e. The van der Waals surface area contributed by atoms with Crippen LogP contribution >= 0.6 is 0 Å². The Hall–Kier alpha value is -0.700. The molecule has 1 unspecified atom stereocenters. The first kappa shape index (κ1) is 9.39. The zero-order valence-electron chi connectivity index (χ0n) is 7.29. The van der Waals surface area contributed by atoms with Crippen LogP contribution in [0.1, 0.15) is 13.3 Å². The molecule has 0 aliphatic carbocycles. The van der Waals surface area contributed by atoms with Crippen LogP contribution in [-0.4, -0.2) is 36.5 Å². The number of nitrogens with zero attached hydrogens (tertiary/aromatic N) is 1. The second-order valence-corrected chi connectivity index (χ2v) is 3.16. The highest BCUT2D eigenvalue weighted by molar-refractivity contribution is 5.87. The van der Waals surface area contributed by atoms with E-state index in [1.807, 2.05) is 4.90 Å². The van der Waals surface area contributed by atoms with Gasteiger partial charge >= 0.3 is 0 Å². The molecule has 0 N–H and O–H groups in total. The van der Waals surface area contributed by atoms with E-state index in [4.69, 9.17) is 0 Å². The summed E-state index contributed by atoms with van der Waals surface area (Å²) in [6.07, 6.45) is 3.29. The van der Waals surface area contributed by atoms with E-state index in [0.717, 1.165) is 6.54 Å². The summed E-state index contributed by atoms with van der Waals surface area (Å²) in [5.41, 5.74) is 0. The number of hydrogen-bond donors (Lipinski definition) is 0. The second-order valence-electron chi connectivity index (χ2n) is 3.16. The molecule has 1 heterocycles.